The molecule has 0 saturated heterocycles. The number of imidazole rings is 1. The largest absolute Gasteiger partial charge is 0.496 e. The maximum absolute atomic E-state index is 11.3. The number of ether oxygens (including phenoxy) is 1. The van der Waals surface area contributed by atoms with E-state index < -0.39 is 5.91 Å². The molecule has 0 fully saturated rings. The number of rotatable bonds is 4. The van der Waals surface area contributed by atoms with Crippen molar-refractivity contribution in [3.63, 3.8) is 0 Å². The second kappa shape index (κ2) is 6.07. The maximum atomic E-state index is 11.3. The number of primary amides is 1. The highest BCUT2D eigenvalue weighted by Gasteiger charge is 2.13. The summed E-state index contributed by atoms with van der Waals surface area (Å²) in [7, 11) is 1.52. The number of aromatic amines is 1. The molecule has 0 aliphatic carbocycles. The molecular formula is C12H14ClN3O2. The average Bonchev–Trinajstić information content (AvgIpc) is 2.81. The summed E-state index contributed by atoms with van der Waals surface area (Å²) in [6, 6.07) is 5.32. The molecule has 6 heteroatoms. The van der Waals surface area contributed by atoms with Gasteiger partial charge in [-0.3, -0.25) is 4.79 Å². The van der Waals surface area contributed by atoms with Crippen LogP contribution in [0, 0.1) is 0 Å². The molecule has 3 N–H and O–H groups in total. The lowest BCUT2D eigenvalue weighted by molar-refractivity contribution is 0.0997. The van der Waals surface area contributed by atoms with Crippen LogP contribution in [0.3, 0.4) is 0 Å². The van der Waals surface area contributed by atoms with Gasteiger partial charge in [0.2, 0.25) is 0 Å². The minimum absolute atomic E-state index is 0. The SMILES string of the molecule is COc1c(Cc2c[nH]cn2)cccc1C(N)=O.Cl. The second-order valence-electron chi connectivity index (χ2n) is 3.60. The van der Waals surface area contributed by atoms with Gasteiger partial charge in [-0.25, -0.2) is 4.98 Å². The highest BCUT2D eigenvalue weighted by molar-refractivity contribution is 5.96. The van der Waals surface area contributed by atoms with Crippen LogP contribution in [0.1, 0.15) is 21.6 Å². The number of methoxy groups -OCH3 is 1. The normalized spacial score (nSPS) is 9.61. The van der Waals surface area contributed by atoms with Gasteiger partial charge < -0.3 is 15.5 Å². The quantitative estimate of drug-likeness (QED) is 0.881. The number of hydrogen-bond donors (Lipinski definition) is 2. The summed E-state index contributed by atoms with van der Waals surface area (Å²) < 4.78 is 5.25. The first-order chi connectivity index (χ1) is 8.22. The van der Waals surface area contributed by atoms with Gasteiger partial charge in [-0.15, -0.1) is 12.4 Å². The predicted octanol–water partition coefficient (Wildman–Crippen LogP) is 1.53. The van der Waals surface area contributed by atoms with Gasteiger partial charge in [0, 0.05) is 18.2 Å². The Kier molecular flexibility index (Phi) is 4.74. The van der Waals surface area contributed by atoms with Crippen LogP contribution in [0.2, 0.25) is 0 Å². The predicted molar refractivity (Wildman–Crippen MR) is 70.2 cm³/mol. The van der Waals surface area contributed by atoms with E-state index in [-0.39, 0.29) is 12.4 Å². The molecule has 1 aromatic heterocycles. The molecule has 2 aromatic rings. The number of para-hydroxylation sites is 1. The maximum Gasteiger partial charge on any atom is 0.252 e. The lowest BCUT2D eigenvalue weighted by atomic mass is 10.0. The van der Waals surface area contributed by atoms with Crippen LogP contribution in [0.15, 0.2) is 30.7 Å². The zero-order chi connectivity index (χ0) is 12.3. The molecule has 0 atom stereocenters. The molecule has 96 valence electrons. The molecule has 1 heterocycles. The summed E-state index contributed by atoms with van der Waals surface area (Å²) in [5, 5.41) is 0. The first-order valence-electron chi connectivity index (χ1n) is 5.15. The van der Waals surface area contributed by atoms with Crippen molar-refractivity contribution in [3.8, 4) is 5.75 Å². The molecule has 0 unspecified atom stereocenters. The lowest BCUT2D eigenvalue weighted by Crippen LogP contribution is -2.13. The molecule has 0 aliphatic heterocycles. The van der Waals surface area contributed by atoms with Crippen molar-refractivity contribution in [2.45, 2.75) is 6.42 Å². The monoisotopic (exact) mass is 267 g/mol. The molecule has 0 spiro atoms. The van der Waals surface area contributed by atoms with Crippen LogP contribution in [0.25, 0.3) is 0 Å². The van der Waals surface area contributed by atoms with Gasteiger partial charge in [0.1, 0.15) is 5.75 Å². The average molecular weight is 268 g/mol. The van der Waals surface area contributed by atoms with Gasteiger partial charge in [0.05, 0.1) is 24.7 Å². The molecular weight excluding hydrogens is 254 g/mol. The number of nitrogens with one attached hydrogen (secondary N) is 1. The Bertz CT molecular complexity index is 526. The van der Waals surface area contributed by atoms with E-state index in [2.05, 4.69) is 9.97 Å². The van der Waals surface area contributed by atoms with E-state index in [1.54, 1.807) is 24.7 Å². The third kappa shape index (κ3) is 2.81. The Morgan fingerprint density at radius 1 is 1.50 bits per heavy atom. The first-order valence-corrected chi connectivity index (χ1v) is 5.15. The van der Waals surface area contributed by atoms with Crippen LogP contribution < -0.4 is 10.5 Å². The van der Waals surface area contributed by atoms with Crippen LogP contribution >= 0.6 is 12.4 Å². The Morgan fingerprint density at radius 3 is 2.83 bits per heavy atom. The summed E-state index contributed by atoms with van der Waals surface area (Å²) >= 11 is 0. The molecule has 1 amide bonds. The van der Waals surface area contributed by atoms with Crippen molar-refractivity contribution in [3.05, 3.63) is 47.5 Å². The van der Waals surface area contributed by atoms with Gasteiger partial charge in [0.15, 0.2) is 0 Å². The molecule has 0 saturated carbocycles. The summed E-state index contributed by atoms with van der Waals surface area (Å²) in [5.41, 5.74) is 7.45. The lowest BCUT2D eigenvalue weighted by Gasteiger charge is -2.10. The molecule has 5 nitrogen and oxygen atoms in total. The Morgan fingerprint density at radius 2 is 2.28 bits per heavy atom. The molecule has 1 aromatic carbocycles. The Balaban J connectivity index is 0.00000162. The topological polar surface area (TPSA) is 81.0 Å². The van der Waals surface area contributed by atoms with E-state index in [4.69, 9.17) is 10.5 Å². The van der Waals surface area contributed by atoms with Crippen LogP contribution in [-0.4, -0.2) is 23.0 Å². The molecule has 0 radical (unpaired) electrons. The van der Waals surface area contributed by atoms with Gasteiger partial charge in [-0.2, -0.15) is 0 Å². The van der Waals surface area contributed by atoms with Gasteiger partial charge in [-0.1, -0.05) is 12.1 Å². The molecule has 18 heavy (non-hydrogen) atoms. The molecule has 2 rings (SSSR count). The van der Waals surface area contributed by atoms with Crippen molar-refractivity contribution in [2.24, 2.45) is 5.73 Å². The number of nitrogens with zero attached hydrogens (tertiary/aromatic N) is 1. The minimum atomic E-state index is -0.495. The number of halogens is 1. The smallest absolute Gasteiger partial charge is 0.252 e. The zero-order valence-electron chi connectivity index (χ0n) is 9.84. The fourth-order valence-corrected chi connectivity index (χ4v) is 1.74. The summed E-state index contributed by atoms with van der Waals surface area (Å²) in [6.07, 6.45) is 4.00. The Labute approximate surface area is 111 Å². The molecule has 0 aliphatic rings. The van der Waals surface area contributed by atoms with Gasteiger partial charge >= 0.3 is 0 Å². The third-order valence-corrected chi connectivity index (χ3v) is 2.49. The number of hydrogen-bond acceptors (Lipinski definition) is 3. The van der Waals surface area contributed by atoms with Crippen LogP contribution in [-0.2, 0) is 6.42 Å². The second-order valence-corrected chi connectivity index (χ2v) is 3.60. The number of benzene rings is 1. The number of nitrogens with two attached hydrogens (primary N) is 1. The Hall–Kier alpha value is -2.01. The number of carbonyl (C=O) groups excluding carboxylic acids is 1. The van der Waals surface area contributed by atoms with E-state index in [0.29, 0.717) is 17.7 Å². The summed E-state index contributed by atoms with van der Waals surface area (Å²) in [4.78, 5) is 18.3. The fraction of sp³-hybridized carbons (Fsp3) is 0.167. The zero-order valence-corrected chi connectivity index (χ0v) is 10.7. The highest BCUT2D eigenvalue weighted by atomic mass is 35.5. The van der Waals surface area contributed by atoms with E-state index in [0.717, 1.165) is 11.3 Å². The van der Waals surface area contributed by atoms with Gasteiger partial charge in [0.25, 0.3) is 5.91 Å². The van der Waals surface area contributed by atoms with E-state index in [9.17, 15) is 4.79 Å². The van der Waals surface area contributed by atoms with Crippen molar-refractivity contribution >= 4 is 18.3 Å². The highest BCUT2D eigenvalue weighted by Crippen LogP contribution is 2.25. The number of carbonyl (C=O) groups is 1. The van der Waals surface area contributed by atoms with E-state index >= 15 is 0 Å². The van der Waals surface area contributed by atoms with Crippen LogP contribution in [0.4, 0.5) is 0 Å². The van der Waals surface area contributed by atoms with Crippen molar-refractivity contribution in [1.82, 2.24) is 9.97 Å². The number of aromatic nitrogens is 2. The van der Waals surface area contributed by atoms with Crippen molar-refractivity contribution in [1.29, 1.82) is 0 Å². The van der Waals surface area contributed by atoms with Crippen molar-refractivity contribution < 1.29 is 9.53 Å². The van der Waals surface area contributed by atoms with E-state index in [1.165, 1.54) is 7.11 Å². The molecule has 0 bridgehead atoms. The number of amides is 1. The first kappa shape index (κ1) is 14.1. The van der Waals surface area contributed by atoms with Crippen molar-refractivity contribution in [2.75, 3.05) is 7.11 Å². The summed E-state index contributed by atoms with van der Waals surface area (Å²) in [6.45, 7) is 0. The fourth-order valence-electron chi connectivity index (χ4n) is 1.74. The minimum Gasteiger partial charge on any atom is -0.496 e. The summed E-state index contributed by atoms with van der Waals surface area (Å²) in [5.74, 6) is 0.0220. The standard InChI is InChI=1S/C12H13N3O2.ClH/c1-17-11-8(5-9-6-14-7-15-9)3-2-4-10(11)12(13)16;/h2-4,6-7H,5H2,1H3,(H2,13,16)(H,14,15);1H. The van der Waals surface area contributed by atoms with E-state index in [1.807, 2.05) is 6.07 Å². The number of H-pyrrole nitrogens is 1. The van der Waals surface area contributed by atoms with Crippen LogP contribution in [0.5, 0.6) is 5.75 Å². The van der Waals surface area contributed by atoms with Gasteiger partial charge in [-0.05, 0) is 6.07 Å². The third-order valence-electron chi connectivity index (χ3n) is 2.49.